The highest BCUT2D eigenvalue weighted by atomic mass is 16.4. The number of guanidine groups is 1. The zero-order valence-corrected chi connectivity index (χ0v) is 19.1. The van der Waals surface area contributed by atoms with E-state index >= 15 is 0 Å². The first-order chi connectivity index (χ1) is 15.4. The van der Waals surface area contributed by atoms with Crippen molar-refractivity contribution in [3.8, 4) is 0 Å². The third kappa shape index (κ3) is 12.6. The Bertz CT molecular complexity index is 681. The van der Waals surface area contributed by atoms with Gasteiger partial charge in [0, 0.05) is 6.54 Å². The zero-order chi connectivity index (χ0) is 25.6. The van der Waals surface area contributed by atoms with E-state index in [1.54, 1.807) is 0 Å². The first kappa shape index (κ1) is 30.0. The van der Waals surface area contributed by atoms with Crippen LogP contribution in [0.4, 0.5) is 0 Å². The van der Waals surface area contributed by atoms with Crippen molar-refractivity contribution in [2.24, 2.45) is 27.9 Å². The number of hydrogen-bond donors (Lipinski definition) is 9. The van der Waals surface area contributed by atoms with Crippen molar-refractivity contribution in [1.29, 1.82) is 0 Å². The largest absolute Gasteiger partial charge is 0.480 e. The normalized spacial score (nSPS) is 15.3. The van der Waals surface area contributed by atoms with Gasteiger partial charge in [0.1, 0.15) is 18.1 Å². The molecule has 0 spiro atoms. The van der Waals surface area contributed by atoms with Crippen LogP contribution in [-0.2, 0) is 19.2 Å². The summed E-state index contributed by atoms with van der Waals surface area (Å²) in [6, 6.07) is -4.65. The van der Waals surface area contributed by atoms with Gasteiger partial charge in [-0.25, -0.2) is 4.79 Å². The molecule has 0 aromatic heterocycles. The second-order valence-corrected chi connectivity index (χ2v) is 7.71. The summed E-state index contributed by atoms with van der Waals surface area (Å²) < 4.78 is 0. The van der Waals surface area contributed by atoms with Gasteiger partial charge >= 0.3 is 5.97 Å². The summed E-state index contributed by atoms with van der Waals surface area (Å²) >= 11 is 0. The molecule has 0 aliphatic heterocycles. The molecular formula is C19H38N8O6. The molecular weight excluding hydrogens is 436 g/mol. The van der Waals surface area contributed by atoms with Crippen LogP contribution in [0.15, 0.2) is 4.99 Å². The van der Waals surface area contributed by atoms with Crippen molar-refractivity contribution >= 4 is 29.7 Å². The number of nitrogens with two attached hydrogens (primary N) is 4. The molecule has 0 saturated heterocycles. The molecule has 0 aliphatic carbocycles. The molecule has 3 amide bonds. The molecule has 0 rings (SSSR count). The number of hydrogen-bond acceptors (Lipinski definition) is 8. The van der Waals surface area contributed by atoms with E-state index in [1.807, 2.05) is 0 Å². The van der Waals surface area contributed by atoms with Crippen LogP contribution in [0.5, 0.6) is 0 Å². The van der Waals surface area contributed by atoms with Crippen molar-refractivity contribution in [2.75, 3.05) is 13.1 Å². The van der Waals surface area contributed by atoms with Gasteiger partial charge in [0.2, 0.25) is 17.7 Å². The highest BCUT2D eigenvalue weighted by molar-refractivity contribution is 5.94. The minimum Gasteiger partial charge on any atom is -0.480 e. The van der Waals surface area contributed by atoms with E-state index in [0.717, 1.165) is 0 Å². The molecule has 0 aromatic carbocycles. The van der Waals surface area contributed by atoms with E-state index < -0.39 is 54.0 Å². The summed E-state index contributed by atoms with van der Waals surface area (Å²) in [5.74, 6) is -3.61. The van der Waals surface area contributed by atoms with Crippen molar-refractivity contribution in [3.05, 3.63) is 0 Å². The smallest absolute Gasteiger partial charge is 0.326 e. The lowest BCUT2D eigenvalue weighted by Gasteiger charge is -2.26. The van der Waals surface area contributed by atoms with Crippen LogP contribution in [0, 0.1) is 0 Å². The summed E-state index contributed by atoms with van der Waals surface area (Å²) in [4.78, 5) is 52.7. The van der Waals surface area contributed by atoms with Crippen LogP contribution in [0.2, 0.25) is 0 Å². The third-order valence-corrected chi connectivity index (χ3v) is 4.62. The molecule has 0 bridgehead atoms. The number of carbonyl (C=O) groups is 4. The molecule has 14 heteroatoms. The minimum absolute atomic E-state index is 0.117. The van der Waals surface area contributed by atoms with Crippen molar-refractivity contribution in [2.45, 2.75) is 76.2 Å². The average molecular weight is 475 g/mol. The van der Waals surface area contributed by atoms with Gasteiger partial charge in [-0.05, 0) is 52.5 Å². The summed E-state index contributed by atoms with van der Waals surface area (Å²) in [6.45, 7) is 3.28. The number of aliphatic carboxylic acids is 1. The monoisotopic (exact) mass is 474 g/mol. The van der Waals surface area contributed by atoms with Gasteiger partial charge in [-0.1, -0.05) is 0 Å². The van der Waals surface area contributed by atoms with Crippen LogP contribution in [0.3, 0.4) is 0 Å². The molecule has 0 saturated carbocycles. The first-order valence-corrected chi connectivity index (χ1v) is 10.7. The van der Waals surface area contributed by atoms with Crippen LogP contribution in [0.1, 0.15) is 46.0 Å². The second kappa shape index (κ2) is 15.8. The summed E-state index contributed by atoms with van der Waals surface area (Å²) in [7, 11) is 0. The Balaban J connectivity index is 5.33. The van der Waals surface area contributed by atoms with Crippen molar-refractivity contribution < 1.29 is 29.4 Å². The molecule has 0 radical (unpaired) electrons. The number of amides is 3. The summed E-state index contributed by atoms with van der Waals surface area (Å²) in [5.41, 5.74) is 21.5. The number of unbranched alkanes of at least 4 members (excludes halogenated alkanes) is 1. The molecule has 0 aliphatic rings. The van der Waals surface area contributed by atoms with E-state index in [9.17, 15) is 29.4 Å². The fraction of sp³-hybridized carbons (Fsp3) is 0.737. The van der Waals surface area contributed by atoms with Gasteiger partial charge in [0.15, 0.2) is 5.96 Å². The average Bonchev–Trinajstić information content (AvgIpc) is 2.72. The first-order valence-electron chi connectivity index (χ1n) is 10.7. The maximum Gasteiger partial charge on any atom is 0.326 e. The van der Waals surface area contributed by atoms with Gasteiger partial charge in [-0.15, -0.1) is 0 Å². The third-order valence-electron chi connectivity index (χ3n) is 4.62. The number of carboxylic acid groups (broad SMARTS) is 1. The number of rotatable bonds is 16. The van der Waals surface area contributed by atoms with Crippen molar-refractivity contribution in [3.63, 3.8) is 0 Å². The molecule has 13 N–H and O–H groups in total. The van der Waals surface area contributed by atoms with E-state index in [4.69, 9.17) is 22.9 Å². The Morgan fingerprint density at radius 3 is 1.94 bits per heavy atom. The molecule has 14 nitrogen and oxygen atoms in total. The Morgan fingerprint density at radius 1 is 0.879 bits per heavy atom. The molecule has 0 aromatic rings. The van der Waals surface area contributed by atoms with Gasteiger partial charge in [0.05, 0.1) is 12.1 Å². The van der Waals surface area contributed by atoms with Gasteiger partial charge in [0.25, 0.3) is 0 Å². The SMILES string of the molecule is CC(N)C(=O)NC(CCCN=C(N)N)C(=O)NC(C(=O)NC(CCCCN)C(=O)O)C(C)O. The number of nitrogens with zero attached hydrogens (tertiary/aromatic N) is 1. The highest BCUT2D eigenvalue weighted by Gasteiger charge is 2.32. The Kier molecular flexibility index (Phi) is 14.4. The van der Waals surface area contributed by atoms with E-state index in [-0.39, 0.29) is 25.3 Å². The van der Waals surface area contributed by atoms with Gasteiger partial charge < -0.3 is 49.1 Å². The molecule has 0 fully saturated rings. The van der Waals surface area contributed by atoms with Crippen molar-refractivity contribution in [1.82, 2.24) is 16.0 Å². The number of aliphatic hydroxyl groups excluding tert-OH is 1. The maximum atomic E-state index is 12.8. The molecule has 33 heavy (non-hydrogen) atoms. The number of carboxylic acids is 1. The Labute approximate surface area is 192 Å². The van der Waals surface area contributed by atoms with E-state index in [0.29, 0.717) is 25.8 Å². The molecule has 5 unspecified atom stereocenters. The lowest BCUT2D eigenvalue weighted by molar-refractivity contribution is -0.143. The number of nitrogens with one attached hydrogen (secondary N) is 3. The minimum atomic E-state index is -1.46. The predicted molar refractivity (Wildman–Crippen MR) is 122 cm³/mol. The number of carbonyl (C=O) groups excluding carboxylic acids is 3. The second-order valence-electron chi connectivity index (χ2n) is 7.71. The van der Waals surface area contributed by atoms with Gasteiger partial charge in [-0.3, -0.25) is 19.4 Å². The molecule has 0 heterocycles. The standard InChI is InChI=1S/C19H38N8O6/c1-10(21)15(29)25-12(7-5-9-24-19(22)23)16(30)27-14(11(2)28)17(31)26-13(18(32)33)6-3-4-8-20/h10-14,28H,3-9,20-21H2,1-2H3,(H,25,29)(H,26,31)(H,27,30)(H,32,33)(H4,22,23,24). The zero-order valence-electron chi connectivity index (χ0n) is 19.1. The fourth-order valence-electron chi connectivity index (χ4n) is 2.75. The van der Waals surface area contributed by atoms with Crippen LogP contribution in [0.25, 0.3) is 0 Å². The van der Waals surface area contributed by atoms with Crippen LogP contribution in [-0.4, -0.2) is 83.2 Å². The quantitative estimate of drug-likeness (QED) is 0.0603. The highest BCUT2D eigenvalue weighted by Crippen LogP contribution is 2.05. The Hall–Kier alpha value is -2.97. The lowest BCUT2D eigenvalue weighted by Crippen LogP contribution is -2.59. The van der Waals surface area contributed by atoms with E-state index in [1.165, 1.54) is 13.8 Å². The fourth-order valence-corrected chi connectivity index (χ4v) is 2.75. The Morgan fingerprint density at radius 2 is 1.45 bits per heavy atom. The molecule has 5 atom stereocenters. The summed E-state index contributed by atoms with van der Waals surface area (Å²) in [6.07, 6.45) is 0.280. The van der Waals surface area contributed by atoms with Gasteiger partial charge in [-0.2, -0.15) is 0 Å². The lowest BCUT2D eigenvalue weighted by atomic mass is 10.1. The van der Waals surface area contributed by atoms with Crippen LogP contribution < -0.4 is 38.9 Å². The number of aliphatic hydroxyl groups is 1. The molecule has 190 valence electrons. The maximum absolute atomic E-state index is 12.8. The predicted octanol–water partition coefficient (Wildman–Crippen LogP) is -3.56. The number of aliphatic imine (C=N–C) groups is 1. The summed E-state index contributed by atoms with van der Waals surface area (Å²) in [5, 5.41) is 26.5. The van der Waals surface area contributed by atoms with Crippen LogP contribution >= 0.6 is 0 Å². The van der Waals surface area contributed by atoms with E-state index in [2.05, 4.69) is 20.9 Å². The topological polar surface area (TPSA) is 261 Å².